The molecule has 2 heterocycles. The molecule has 28 heavy (non-hydrogen) atoms. The number of amides is 2. The number of hydrogen-bond donors (Lipinski definition) is 3. The predicted octanol–water partition coefficient (Wildman–Crippen LogP) is 1.70. The van der Waals surface area contributed by atoms with E-state index in [4.69, 9.17) is 16.7 Å². The average Bonchev–Trinajstić information content (AvgIpc) is 3.34. The molecule has 3 rings (SSSR count). The van der Waals surface area contributed by atoms with Gasteiger partial charge in [0, 0.05) is 31.1 Å². The lowest BCUT2D eigenvalue weighted by Crippen LogP contribution is -2.38. The third-order valence-electron chi connectivity index (χ3n) is 4.03. The first-order valence-electron chi connectivity index (χ1n) is 8.79. The second kappa shape index (κ2) is 9.09. The number of hydrogen-bond acceptors (Lipinski definition) is 6. The molecule has 3 N–H and O–H groups in total. The van der Waals surface area contributed by atoms with Gasteiger partial charge in [-0.25, -0.2) is 0 Å². The molecular weight excluding hydrogens is 380 g/mol. The third-order valence-corrected chi connectivity index (χ3v) is 4.35. The molecule has 0 fully saturated rings. The quantitative estimate of drug-likeness (QED) is 0.496. The van der Waals surface area contributed by atoms with Crippen LogP contribution in [0.3, 0.4) is 0 Å². The minimum absolute atomic E-state index is 0.116. The average molecular weight is 400 g/mol. The Bertz CT molecular complexity index is 1010. The maximum atomic E-state index is 12.1. The van der Waals surface area contributed by atoms with E-state index < -0.39 is 5.91 Å². The van der Waals surface area contributed by atoms with Crippen LogP contribution >= 0.6 is 12.2 Å². The van der Waals surface area contributed by atoms with Crippen LogP contribution in [-0.4, -0.2) is 44.8 Å². The molecule has 9 nitrogen and oxygen atoms in total. The molecule has 0 atom stereocenters. The predicted molar refractivity (Wildman–Crippen MR) is 104 cm³/mol. The highest BCUT2D eigenvalue weighted by atomic mass is 32.1. The van der Waals surface area contributed by atoms with Crippen molar-refractivity contribution in [2.24, 2.45) is 0 Å². The molecule has 2 aromatic heterocycles. The largest absolute Gasteiger partial charge is 0.355 e. The zero-order valence-electron chi connectivity index (χ0n) is 15.3. The number of nitrogens with one attached hydrogen (secondary N) is 3. The van der Waals surface area contributed by atoms with Gasteiger partial charge in [0.25, 0.3) is 5.91 Å². The van der Waals surface area contributed by atoms with Crippen LogP contribution in [0.5, 0.6) is 0 Å². The van der Waals surface area contributed by atoms with Crippen molar-refractivity contribution in [2.45, 2.75) is 19.9 Å². The molecule has 1 aromatic carbocycles. The molecular formula is C18H20N6O3S. The highest BCUT2D eigenvalue weighted by Crippen LogP contribution is 2.19. The molecule has 2 amide bonds. The van der Waals surface area contributed by atoms with E-state index >= 15 is 0 Å². The van der Waals surface area contributed by atoms with Crippen LogP contribution < -0.4 is 10.6 Å². The monoisotopic (exact) mass is 400 g/mol. The van der Waals surface area contributed by atoms with Crippen LogP contribution in [0, 0.1) is 4.77 Å². The van der Waals surface area contributed by atoms with E-state index in [0.717, 1.165) is 11.4 Å². The van der Waals surface area contributed by atoms with Gasteiger partial charge in [0.05, 0.1) is 6.54 Å². The van der Waals surface area contributed by atoms with Gasteiger partial charge >= 0.3 is 0 Å². The standard InChI is InChI=1S/C18H20N6O3S/c1-2-24-15(21-22-18(24)28)8-9-19-16(25)11-20-17(26)13-10-14(27-23-13)12-6-4-3-5-7-12/h3-7,10H,2,8-9,11H2,1H3,(H,19,25)(H,20,26)(H,22,28). The Morgan fingerprint density at radius 1 is 1.25 bits per heavy atom. The Morgan fingerprint density at radius 3 is 2.79 bits per heavy atom. The van der Waals surface area contributed by atoms with Gasteiger partial charge < -0.3 is 19.7 Å². The van der Waals surface area contributed by atoms with Gasteiger partial charge in [-0.2, -0.15) is 5.10 Å². The fourth-order valence-electron chi connectivity index (χ4n) is 2.62. The second-order valence-electron chi connectivity index (χ2n) is 5.91. The van der Waals surface area contributed by atoms with Crippen molar-refractivity contribution in [3.05, 3.63) is 52.7 Å². The molecule has 0 saturated heterocycles. The van der Waals surface area contributed by atoms with Crippen molar-refractivity contribution in [1.29, 1.82) is 0 Å². The number of benzene rings is 1. The third kappa shape index (κ3) is 4.71. The molecule has 10 heteroatoms. The van der Waals surface area contributed by atoms with Gasteiger partial charge in [-0.05, 0) is 19.1 Å². The van der Waals surface area contributed by atoms with Crippen LogP contribution in [0.15, 0.2) is 40.9 Å². The molecule has 0 aliphatic carbocycles. The van der Waals surface area contributed by atoms with Crippen LogP contribution in [0.2, 0.25) is 0 Å². The van der Waals surface area contributed by atoms with Crippen molar-refractivity contribution in [1.82, 2.24) is 30.6 Å². The minimum atomic E-state index is -0.479. The highest BCUT2D eigenvalue weighted by molar-refractivity contribution is 7.71. The molecule has 0 bridgehead atoms. The summed E-state index contributed by atoms with van der Waals surface area (Å²) in [5.41, 5.74) is 0.932. The van der Waals surface area contributed by atoms with E-state index in [2.05, 4.69) is 26.0 Å². The van der Waals surface area contributed by atoms with Crippen LogP contribution in [0.4, 0.5) is 0 Å². The number of rotatable bonds is 8. The summed E-state index contributed by atoms with van der Waals surface area (Å²) in [6.07, 6.45) is 0.532. The Morgan fingerprint density at radius 2 is 2.04 bits per heavy atom. The lowest BCUT2D eigenvalue weighted by molar-refractivity contribution is -0.120. The first kappa shape index (κ1) is 19.5. The van der Waals surface area contributed by atoms with E-state index in [0.29, 0.717) is 30.0 Å². The summed E-state index contributed by atoms with van der Waals surface area (Å²) < 4.78 is 7.60. The van der Waals surface area contributed by atoms with Gasteiger partial charge in [-0.15, -0.1) is 0 Å². The summed E-state index contributed by atoms with van der Waals surface area (Å²) in [4.78, 5) is 24.1. The molecule has 0 aliphatic heterocycles. The van der Waals surface area contributed by atoms with Crippen LogP contribution in [0.25, 0.3) is 11.3 Å². The Kier molecular flexibility index (Phi) is 6.33. The second-order valence-corrected chi connectivity index (χ2v) is 6.30. The molecule has 0 spiro atoms. The van der Waals surface area contributed by atoms with E-state index in [1.54, 1.807) is 0 Å². The number of carbonyl (C=O) groups is 2. The van der Waals surface area contributed by atoms with Crippen LogP contribution in [-0.2, 0) is 17.8 Å². The zero-order chi connectivity index (χ0) is 19.9. The number of aromatic nitrogens is 4. The van der Waals surface area contributed by atoms with E-state index in [1.165, 1.54) is 6.07 Å². The smallest absolute Gasteiger partial charge is 0.273 e. The minimum Gasteiger partial charge on any atom is -0.355 e. The fraction of sp³-hybridized carbons (Fsp3) is 0.278. The zero-order valence-corrected chi connectivity index (χ0v) is 16.1. The Labute approximate surface area is 166 Å². The topological polar surface area (TPSA) is 118 Å². The summed E-state index contributed by atoms with van der Waals surface area (Å²) in [6, 6.07) is 10.9. The Balaban J connectivity index is 1.45. The molecule has 3 aromatic rings. The van der Waals surface area contributed by atoms with Crippen molar-refractivity contribution >= 4 is 24.0 Å². The summed E-state index contributed by atoms with van der Waals surface area (Å²) in [5, 5.41) is 15.9. The molecule has 0 unspecified atom stereocenters. The number of aromatic amines is 1. The van der Waals surface area contributed by atoms with E-state index in [9.17, 15) is 9.59 Å². The van der Waals surface area contributed by atoms with Gasteiger partial charge in [0.1, 0.15) is 5.82 Å². The number of carbonyl (C=O) groups excluding carboxylic acids is 2. The van der Waals surface area contributed by atoms with Crippen molar-refractivity contribution in [3.63, 3.8) is 0 Å². The maximum absolute atomic E-state index is 12.1. The summed E-state index contributed by atoms with van der Waals surface area (Å²) >= 11 is 5.12. The van der Waals surface area contributed by atoms with Crippen molar-refractivity contribution < 1.29 is 14.1 Å². The lowest BCUT2D eigenvalue weighted by atomic mass is 10.1. The normalized spacial score (nSPS) is 10.6. The van der Waals surface area contributed by atoms with Crippen molar-refractivity contribution in [2.75, 3.05) is 13.1 Å². The van der Waals surface area contributed by atoms with E-state index in [1.807, 2.05) is 41.8 Å². The lowest BCUT2D eigenvalue weighted by Gasteiger charge is -2.06. The first-order chi connectivity index (χ1) is 13.6. The van der Waals surface area contributed by atoms with Crippen molar-refractivity contribution in [3.8, 4) is 11.3 Å². The molecule has 146 valence electrons. The summed E-state index contributed by atoms with van der Waals surface area (Å²) in [5.74, 6) is 0.470. The number of H-pyrrole nitrogens is 1. The van der Waals surface area contributed by atoms with Gasteiger partial charge in [0.15, 0.2) is 16.2 Å². The van der Waals surface area contributed by atoms with Crippen LogP contribution in [0.1, 0.15) is 23.2 Å². The Hall–Kier alpha value is -3.27. The number of nitrogens with zero attached hydrogens (tertiary/aromatic N) is 3. The first-order valence-corrected chi connectivity index (χ1v) is 9.20. The molecule has 0 saturated carbocycles. The fourth-order valence-corrected chi connectivity index (χ4v) is 2.90. The maximum Gasteiger partial charge on any atom is 0.273 e. The highest BCUT2D eigenvalue weighted by Gasteiger charge is 2.14. The molecule has 0 radical (unpaired) electrons. The summed E-state index contributed by atoms with van der Waals surface area (Å²) in [7, 11) is 0. The van der Waals surface area contributed by atoms with Gasteiger partial charge in [-0.1, -0.05) is 35.5 Å². The SMILES string of the molecule is CCn1c(CCNC(=O)CNC(=O)c2cc(-c3ccccc3)on2)n[nH]c1=S. The molecule has 0 aliphatic rings. The van der Waals surface area contributed by atoms with E-state index in [-0.39, 0.29) is 18.1 Å². The van der Waals surface area contributed by atoms with Gasteiger partial charge in [0.2, 0.25) is 5.91 Å². The summed E-state index contributed by atoms with van der Waals surface area (Å²) in [6.45, 7) is 2.90. The van der Waals surface area contributed by atoms with Gasteiger partial charge in [-0.3, -0.25) is 14.7 Å².